The normalized spacial score (nSPS) is 11.3. The molecule has 5 heteroatoms. The number of hydrogen-bond acceptors (Lipinski definition) is 3. The Morgan fingerprint density at radius 1 is 1.12 bits per heavy atom. The first kappa shape index (κ1) is 19.6. The molecule has 0 saturated heterocycles. The summed E-state index contributed by atoms with van der Waals surface area (Å²) in [5.74, 6) is 2.07. The van der Waals surface area contributed by atoms with Gasteiger partial charge in [0.15, 0.2) is 5.96 Å². The van der Waals surface area contributed by atoms with Gasteiger partial charge in [0.25, 0.3) is 0 Å². The van der Waals surface area contributed by atoms with Crippen LogP contribution in [0.2, 0.25) is 0 Å². The number of nitrogens with one attached hydrogen (secondary N) is 1. The highest BCUT2D eigenvalue weighted by Gasteiger charge is 2.07. The Morgan fingerprint density at radius 3 is 2.54 bits per heavy atom. The third kappa shape index (κ3) is 6.31. The lowest BCUT2D eigenvalue weighted by atomic mass is 10.1. The highest BCUT2D eigenvalue weighted by Crippen LogP contribution is 2.14. The molecule has 5 nitrogen and oxygen atoms in total. The number of phenols is 1. The zero-order valence-corrected chi connectivity index (χ0v) is 15.9. The molecule has 0 amide bonds. The van der Waals surface area contributed by atoms with Crippen LogP contribution in [0.15, 0.2) is 53.5 Å². The fourth-order valence-corrected chi connectivity index (χ4v) is 2.68. The first-order valence-corrected chi connectivity index (χ1v) is 9.11. The van der Waals surface area contributed by atoms with Gasteiger partial charge < -0.3 is 20.1 Å². The lowest BCUT2D eigenvalue weighted by Crippen LogP contribution is -2.38. The van der Waals surface area contributed by atoms with Crippen molar-refractivity contribution in [3.8, 4) is 11.5 Å². The molecule has 0 fully saturated rings. The van der Waals surface area contributed by atoms with Crippen molar-refractivity contribution < 1.29 is 9.84 Å². The molecule has 2 N–H and O–H groups in total. The second kappa shape index (κ2) is 10.3. The van der Waals surface area contributed by atoms with E-state index in [0.29, 0.717) is 18.9 Å². The van der Waals surface area contributed by atoms with Gasteiger partial charge in [0.2, 0.25) is 0 Å². The minimum atomic E-state index is 0.297. The van der Waals surface area contributed by atoms with E-state index >= 15 is 0 Å². The van der Waals surface area contributed by atoms with E-state index in [-0.39, 0.29) is 0 Å². The number of phenolic OH excluding ortho intramolecular Hbond substituents is 1. The van der Waals surface area contributed by atoms with Gasteiger partial charge in [-0.1, -0.05) is 24.3 Å². The molecule has 2 rings (SSSR count). The minimum Gasteiger partial charge on any atom is -0.508 e. The van der Waals surface area contributed by atoms with E-state index in [1.807, 2.05) is 38.2 Å². The Balaban J connectivity index is 1.95. The number of aromatic hydroxyl groups is 1. The molecule has 0 aromatic heterocycles. The summed E-state index contributed by atoms with van der Waals surface area (Å²) >= 11 is 0. The summed E-state index contributed by atoms with van der Waals surface area (Å²) in [7, 11) is 2.03. The first-order valence-electron chi connectivity index (χ1n) is 9.11. The third-order valence-corrected chi connectivity index (χ3v) is 3.92. The summed E-state index contributed by atoms with van der Waals surface area (Å²) in [5, 5.41) is 12.9. The molecule has 0 aliphatic rings. The van der Waals surface area contributed by atoms with Crippen molar-refractivity contribution in [3.63, 3.8) is 0 Å². The van der Waals surface area contributed by atoms with E-state index in [1.54, 1.807) is 12.1 Å². The molecule has 140 valence electrons. The standard InChI is InChI=1S/C21H29N3O2/c1-4-22-21(23-14-13-17-7-6-8-19(25)15-17)24(3)16-18-9-11-20(12-10-18)26-5-2/h6-12,15,25H,4-5,13-14,16H2,1-3H3,(H,22,23). The van der Waals surface area contributed by atoms with Gasteiger partial charge in [0.1, 0.15) is 11.5 Å². The number of rotatable bonds is 8. The zero-order valence-electron chi connectivity index (χ0n) is 15.9. The maximum absolute atomic E-state index is 9.55. The molecule has 0 aliphatic carbocycles. The summed E-state index contributed by atoms with van der Waals surface area (Å²) < 4.78 is 5.49. The summed E-state index contributed by atoms with van der Waals surface area (Å²) in [4.78, 5) is 6.82. The number of benzene rings is 2. The largest absolute Gasteiger partial charge is 0.508 e. The fourth-order valence-electron chi connectivity index (χ4n) is 2.68. The lowest BCUT2D eigenvalue weighted by molar-refractivity contribution is 0.340. The second-order valence-corrected chi connectivity index (χ2v) is 6.09. The second-order valence-electron chi connectivity index (χ2n) is 6.09. The lowest BCUT2D eigenvalue weighted by Gasteiger charge is -2.22. The molecule has 0 radical (unpaired) electrons. The molecule has 0 atom stereocenters. The van der Waals surface area contributed by atoms with Gasteiger partial charge in [0.05, 0.1) is 6.61 Å². The molecular formula is C21H29N3O2. The monoisotopic (exact) mass is 355 g/mol. The number of aliphatic imine (C=N–C) groups is 1. The predicted octanol–water partition coefficient (Wildman–Crippen LogP) is 3.43. The van der Waals surface area contributed by atoms with Gasteiger partial charge in [-0.15, -0.1) is 0 Å². The van der Waals surface area contributed by atoms with E-state index in [2.05, 4.69) is 29.3 Å². The number of nitrogens with zero attached hydrogens (tertiary/aromatic N) is 2. The molecule has 0 unspecified atom stereocenters. The number of hydrogen-bond donors (Lipinski definition) is 2. The maximum Gasteiger partial charge on any atom is 0.193 e. The highest BCUT2D eigenvalue weighted by molar-refractivity contribution is 5.79. The van der Waals surface area contributed by atoms with Gasteiger partial charge in [-0.05, 0) is 55.7 Å². The van der Waals surface area contributed by atoms with E-state index in [4.69, 9.17) is 9.73 Å². The van der Waals surface area contributed by atoms with Gasteiger partial charge in [-0.2, -0.15) is 0 Å². The van der Waals surface area contributed by atoms with E-state index in [9.17, 15) is 5.11 Å². The van der Waals surface area contributed by atoms with Crippen LogP contribution in [0.5, 0.6) is 11.5 Å². The fraction of sp³-hybridized carbons (Fsp3) is 0.381. The molecule has 0 saturated carbocycles. The Labute approximate surface area is 156 Å². The van der Waals surface area contributed by atoms with Crippen LogP contribution in [0.25, 0.3) is 0 Å². The van der Waals surface area contributed by atoms with E-state index in [0.717, 1.165) is 36.8 Å². The van der Waals surface area contributed by atoms with Crippen molar-refractivity contribution in [2.75, 3.05) is 26.7 Å². The summed E-state index contributed by atoms with van der Waals surface area (Å²) in [6.45, 7) is 6.98. The first-order chi connectivity index (χ1) is 12.6. The highest BCUT2D eigenvalue weighted by atomic mass is 16.5. The Bertz CT molecular complexity index is 699. The van der Waals surface area contributed by atoms with E-state index < -0.39 is 0 Å². The summed E-state index contributed by atoms with van der Waals surface area (Å²) in [6.07, 6.45) is 0.792. The molecule has 2 aromatic rings. The molecule has 0 heterocycles. The smallest absolute Gasteiger partial charge is 0.193 e. The summed E-state index contributed by atoms with van der Waals surface area (Å²) in [5.41, 5.74) is 2.29. The Kier molecular flexibility index (Phi) is 7.80. The molecular weight excluding hydrogens is 326 g/mol. The van der Waals surface area contributed by atoms with Crippen molar-refractivity contribution in [1.82, 2.24) is 10.2 Å². The van der Waals surface area contributed by atoms with Crippen molar-refractivity contribution >= 4 is 5.96 Å². The molecule has 0 aliphatic heterocycles. The van der Waals surface area contributed by atoms with Crippen LogP contribution in [0.4, 0.5) is 0 Å². The third-order valence-electron chi connectivity index (χ3n) is 3.92. The van der Waals surface area contributed by atoms with Crippen LogP contribution in [0, 0.1) is 0 Å². The molecule has 0 spiro atoms. The van der Waals surface area contributed by atoms with Crippen LogP contribution in [0.3, 0.4) is 0 Å². The zero-order chi connectivity index (χ0) is 18.8. The average Bonchev–Trinajstić information content (AvgIpc) is 2.63. The van der Waals surface area contributed by atoms with Crippen molar-refractivity contribution in [2.24, 2.45) is 4.99 Å². The average molecular weight is 355 g/mol. The topological polar surface area (TPSA) is 57.1 Å². The predicted molar refractivity (Wildman–Crippen MR) is 107 cm³/mol. The molecule has 2 aromatic carbocycles. The Morgan fingerprint density at radius 2 is 1.88 bits per heavy atom. The van der Waals surface area contributed by atoms with Crippen LogP contribution in [-0.4, -0.2) is 42.7 Å². The van der Waals surface area contributed by atoms with Crippen molar-refractivity contribution in [3.05, 3.63) is 59.7 Å². The van der Waals surface area contributed by atoms with Crippen LogP contribution >= 0.6 is 0 Å². The van der Waals surface area contributed by atoms with Gasteiger partial charge >= 0.3 is 0 Å². The SMILES string of the molecule is CCNC(=NCCc1cccc(O)c1)N(C)Cc1ccc(OCC)cc1. The van der Waals surface area contributed by atoms with Crippen molar-refractivity contribution in [2.45, 2.75) is 26.8 Å². The molecule has 26 heavy (non-hydrogen) atoms. The van der Waals surface area contributed by atoms with Crippen LogP contribution in [-0.2, 0) is 13.0 Å². The molecule has 0 bridgehead atoms. The van der Waals surface area contributed by atoms with Gasteiger partial charge in [0, 0.05) is 26.7 Å². The van der Waals surface area contributed by atoms with Gasteiger partial charge in [-0.3, -0.25) is 4.99 Å². The maximum atomic E-state index is 9.55. The van der Waals surface area contributed by atoms with E-state index in [1.165, 1.54) is 5.56 Å². The minimum absolute atomic E-state index is 0.297. The van der Waals surface area contributed by atoms with Crippen molar-refractivity contribution in [1.29, 1.82) is 0 Å². The van der Waals surface area contributed by atoms with Crippen LogP contribution in [0.1, 0.15) is 25.0 Å². The number of ether oxygens (including phenoxy) is 1. The Hall–Kier alpha value is -2.69. The number of guanidine groups is 1. The quantitative estimate of drug-likeness (QED) is 0.563. The van der Waals surface area contributed by atoms with Gasteiger partial charge in [-0.25, -0.2) is 0 Å². The summed E-state index contributed by atoms with van der Waals surface area (Å²) in [6, 6.07) is 15.5. The van der Waals surface area contributed by atoms with Crippen LogP contribution < -0.4 is 10.1 Å².